The predicted molar refractivity (Wildman–Crippen MR) is 81.3 cm³/mol. The summed E-state index contributed by atoms with van der Waals surface area (Å²) in [5.41, 5.74) is 1.42. The van der Waals surface area contributed by atoms with Crippen molar-refractivity contribution in [1.82, 2.24) is 4.90 Å². The molecule has 1 unspecified atom stereocenters. The number of esters is 1. The number of carbonyl (C=O) groups excluding carboxylic acids is 2. The monoisotopic (exact) mass is 304 g/mol. The van der Waals surface area contributed by atoms with Crippen molar-refractivity contribution in [3.8, 4) is 5.75 Å². The van der Waals surface area contributed by atoms with Crippen LogP contribution >= 0.6 is 0 Å². The third-order valence-corrected chi connectivity index (χ3v) is 4.33. The van der Waals surface area contributed by atoms with Gasteiger partial charge in [-0.3, -0.25) is 4.79 Å². The SMILES string of the molecule is COC(=O)c1ccc2c(c1)N(C1CCN(C(C)=O)C1)CCO2. The van der Waals surface area contributed by atoms with E-state index in [2.05, 4.69) is 4.90 Å². The smallest absolute Gasteiger partial charge is 0.337 e. The molecular weight excluding hydrogens is 284 g/mol. The summed E-state index contributed by atoms with van der Waals surface area (Å²) in [7, 11) is 1.37. The minimum absolute atomic E-state index is 0.110. The molecule has 1 atom stereocenters. The molecule has 0 bridgehead atoms. The van der Waals surface area contributed by atoms with E-state index >= 15 is 0 Å². The molecule has 0 aliphatic carbocycles. The lowest BCUT2D eigenvalue weighted by Crippen LogP contribution is -2.43. The minimum Gasteiger partial charge on any atom is -0.490 e. The maximum atomic E-state index is 11.7. The van der Waals surface area contributed by atoms with Crippen LogP contribution in [0.15, 0.2) is 18.2 Å². The van der Waals surface area contributed by atoms with Gasteiger partial charge < -0.3 is 19.3 Å². The quantitative estimate of drug-likeness (QED) is 0.771. The Morgan fingerprint density at radius 3 is 2.82 bits per heavy atom. The van der Waals surface area contributed by atoms with Crippen molar-refractivity contribution in [2.45, 2.75) is 19.4 Å². The van der Waals surface area contributed by atoms with Gasteiger partial charge in [-0.25, -0.2) is 4.79 Å². The molecule has 0 radical (unpaired) electrons. The second-order valence-electron chi connectivity index (χ2n) is 5.62. The Morgan fingerprint density at radius 1 is 1.32 bits per heavy atom. The molecule has 2 aliphatic rings. The summed E-state index contributed by atoms with van der Waals surface area (Å²) in [4.78, 5) is 27.4. The molecule has 6 nitrogen and oxygen atoms in total. The molecule has 1 aromatic carbocycles. The number of anilines is 1. The highest BCUT2D eigenvalue weighted by atomic mass is 16.5. The summed E-state index contributed by atoms with van der Waals surface area (Å²) in [6.45, 7) is 4.47. The first-order valence-corrected chi connectivity index (χ1v) is 7.47. The topological polar surface area (TPSA) is 59.1 Å². The summed E-state index contributed by atoms with van der Waals surface area (Å²) < 4.78 is 10.5. The van der Waals surface area contributed by atoms with Crippen LogP contribution in [0.1, 0.15) is 23.7 Å². The second kappa shape index (κ2) is 5.87. The van der Waals surface area contributed by atoms with E-state index in [9.17, 15) is 9.59 Å². The normalized spacial score (nSPS) is 20.4. The van der Waals surface area contributed by atoms with Crippen LogP contribution in [0.5, 0.6) is 5.75 Å². The Balaban J connectivity index is 1.87. The van der Waals surface area contributed by atoms with E-state index in [0.717, 1.165) is 37.5 Å². The average molecular weight is 304 g/mol. The number of carbonyl (C=O) groups is 2. The highest BCUT2D eigenvalue weighted by Crippen LogP contribution is 2.35. The number of benzene rings is 1. The number of hydrogen-bond acceptors (Lipinski definition) is 5. The lowest BCUT2D eigenvalue weighted by atomic mass is 10.1. The summed E-state index contributed by atoms with van der Waals surface area (Å²) in [5.74, 6) is 0.532. The van der Waals surface area contributed by atoms with Gasteiger partial charge in [0.15, 0.2) is 0 Å². The highest BCUT2D eigenvalue weighted by molar-refractivity contribution is 5.91. The zero-order valence-corrected chi connectivity index (χ0v) is 12.9. The van der Waals surface area contributed by atoms with Crippen molar-refractivity contribution >= 4 is 17.6 Å². The van der Waals surface area contributed by atoms with Crippen LogP contribution in [-0.2, 0) is 9.53 Å². The van der Waals surface area contributed by atoms with Gasteiger partial charge in [0.2, 0.25) is 5.91 Å². The Morgan fingerprint density at radius 2 is 2.14 bits per heavy atom. The maximum Gasteiger partial charge on any atom is 0.337 e. The van der Waals surface area contributed by atoms with E-state index in [4.69, 9.17) is 9.47 Å². The minimum atomic E-state index is -0.356. The molecule has 118 valence electrons. The Labute approximate surface area is 129 Å². The van der Waals surface area contributed by atoms with Crippen molar-refractivity contribution in [3.63, 3.8) is 0 Å². The van der Waals surface area contributed by atoms with Crippen molar-refractivity contribution in [3.05, 3.63) is 23.8 Å². The number of rotatable bonds is 2. The summed E-state index contributed by atoms with van der Waals surface area (Å²) in [5, 5.41) is 0. The van der Waals surface area contributed by atoms with Gasteiger partial charge in [0.05, 0.1) is 24.9 Å². The fraction of sp³-hybridized carbons (Fsp3) is 0.500. The Kier molecular flexibility index (Phi) is 3.92. The van der Waals surface area contributed by atoms with Gasteiger partial charge in [-0.05, 0) is 24.6 Å². The molecule has 2 heterocycles. The van der Waals surface area contributed by atoms with E-state index < -0.39 is 0 Å². The summed E-state index contributed by atoms with van der Waals surface area (Å²) >= 11 is 0. The van der Waals surface area contributed by atoms with E-state index in [1.807, 2.05) is 17.0 Å². The molecule has 22 heavy (non-hydrogen) atoms. The van der Waals surface area contributed by atoms with Crippen LogP contribution < -0.4 is 9.64 Å². The van der Waals surface area contributed by atoms with Crippen molar-refractivity contribution < 1.29 is 19.1 Å². The summed E-state index contributed by atoms with van der Waals surface area (Å²) in [6, 6.07) is 5.60. The molecule has 2 aliphatic heterocycles. The lowest BCUT2D eigenvalue weighted by Gasteiger charge is -2.36. The van der Waals surface area contributed by atoms with Crippen LogP contribution in [-0.4, -0.2) is 56.2 Å². The molecular formula is C16H20N2O4. The molecule has 0 spiro atoms. The average Bonchev–Trinajstić information content (AvgIpc) is 3.03. The molecule has 1 amide bonds. The highest BCUT2D eigenvalue weighted by Gasteiger charge is 2.32. The number of hydrogen-bond donors (Lipinski definition) is 0. The third-order valence-electron chi connectivity index (χ3n) is 4.33. The Bertz CT molecular complexity index is 602. The second-order valence-corrected chi connectivity index (χ2v) is 5.62. The molecule has 1 fully saturated rings. The number of ether oxygens (including phenoxy) is 2. The zero-order chi connectivity index (χ0) is 15.7. The van der Waals surface area contributed by atoms with Gasteiger partial charge in [-0.2, -0.15) is 0 Å². The molecule has 0 aromatic heterocycles. The first-order valence-electron chi connectivity index (χ1n) is 7.47. The fourth-order valence-electron chi connectivity index (χ4n) is 3.14. The summed E-state index contributed by atoms with van der Waals surface area (Å²) in [6.07, 6.45) is 0.932. The largest absolute Gasteiger partial charge is 0.490 e. The van der Waals surface area contributed by atoms with E-state index in [0.29, 0.717) is 12.2 Å². The number of likely N-dealkylation sites (tertiary alicyclic amines) is 1. The van der Waals surface area contributed by atoms with Gasteiger partial charge in [0, 0.05) is 26.1 Å². The standard InChI is InChI=1S/C16H20N2O4/c1-11(19)17-6-5-13(10-17)18-7-8-22-15-4-3-12(9-14(15)18)16(20)21-2/h3-4,9,13H,5-8,10H2,1-2H3. The Hall–Kier alpha value is -2.24. The molecule has 6 heteroatoms. The van der Waals surface area contributed by atoms with E-state index in [1.54, 1.807) is 13.0 Å². The van der Waals surface area contributed by atoms with Crippen molar-refractivity contribution in [2.24, 2.45) is 0 Å². The maximum absolute atomic E-state index is 11.7. The number of methoxy groups -OCH3 is 1. The van der Waals surface area contributed by atoms with Gasteiger partial charge in [0.25, 0.3) is 0 Å². The van der Waals surface area contributed by atoms with E-state index in [1.165, 1.54) is 7.11 Å². The van der Waals surface area contributed by atoms with Crippen LogP contribution in [0, 0.1) is 0 Å². The molecule has 3 rings (SSSR count). The first kappa shape index (κ1) is 14.7. The first-order chi connectivity index (χ1) is 10.6. The number of fused-ring (bicyclic) bond motifs is 1. The van der Waals surface area contributed by atoms with Crippen molar-refractivity contribution in [2.75, 3.05) is 38.3 Å². The van der Waals surface area contributed by atoms with Gasteiger partial charge in [0.1, 0.15) is 12.4 Å². The van der Waals surface area contributed by atoms with E-state index in [-0.39, 0.29) is 17.9 Å². The molecule has 1 aromatic rings. The van der Waals surface area contributed by atoms with Gasteiger partial charge in [-0.1, -0.05) is 0 Å². The molecule has 1 saturated heterocycles. The fourth-order valence-corrected chi connectivity index (χ4v) is 3.14. The van der Waals surface area contributed by atoms with Crippen LogP contribution in [0.25, 0.3) is 0 Å². The zero-order valence-electron chi connectivity index (χ0n) is 12.9. The molecule has 0 N–H and O–H groups in total. The van der Waals surface area contributed by atoms with Gasteiger partial charge in [-0.15, -0.1) is 0 Å². The predicted octanol–water partition coefficient (Wildman–Crippen LogP) is 1.29. The third kappa shape index (κ3) is 2.61. The lowest BCUT2D eigenvalue weighted by molar-refractivity contribution is -0.127. The number of nitrogens with zero attached hydrogens (tertiary/aromatic N) is 2. The van der Waals surface area contributed by atoms with Crippen LogP contribution in [0.3, 0.4) is 0 Å². The van der Waals surface area contributed by atoms with Crippen molar-refractivity contribution in [1.29, 1.82) is 0 Å². The van der Waals surface area contributed by atoms with Crippen LogP contribution in [0.4, 0.5) is 5.69 Å². The van der Waals surface area contributed by atoms with Crippen LogP contribution in [0.2, 0.25) is 0 Å². The number of amides is 1. The van der Waals surface area contributed by atoms with Gasteiger partial charge >= 0.3 is 5.97 Å². The molecule has 0 saturated carbocycles.